The first-order chi connectivity index (χ1) is 15.1. The average molecular weight is 449 g/mol. The first kappa shape index (κ1) is 23.8. The Bertz CT molecular complexity index is 807. The quantitative estimate of drug-likeness (QED) is 0.545. The number of esters is 1. The van der Waals surface area contributed by atoms with E-state index in [0.29, 0.717) is 0 Å². The number of hydrogen-bond acceptors (Lipinski definition) is 7. The lowest BCUT2D eigenvalue weighted by molar-refractivity contribution is -0.161. The second kappa shape index (κ2) is 9.77. The van der Waals surface area contributed by atoms with Gasteiger partial charge in [-0.05, 0) is 33.3 Å². The topological polar surface area (TPSA) is 103 Å². The lowest BCUT2D eigenvalue weighted by atomic mass is 9.78. The molecule has 2 atom stereocenters. The third kappa shape index (κ3) is 5.70. The van der Waals surface area contributed by atoms with Gasteiger partial charge in [0.25, 0.3) is 0 Å². The Labute approximate surface area is 188 Å². The molecule has 2 unspecified atom stereocenters. The van der Waals surface area contributed by atoms with E-state index in [2.05, 4.69) is 5.32 Å². The van der Waals surface area contributed by atoms with Crippen molar-refractivity contribution in [2.45, 2.75) is 70.4 Å². The van der Waals surface area contributed by atoms with Crippen molar-refractivity contribution in [3.05, 3.63) is 35.9 Å². The van der Waals surface area contributed by atoms with Gasteiger partial charge in [0.1, 0.15) is 17.7 Å². The summed E-state index contributed by atoms with van der Waals surface area (Å²) < 4.78 is 21.9. The zero-order valence-corrected chi connectivity index (χ0v) is 19.1. The second-order valence-corrected chi connectivity index (χ2v) is 9.13. The summed E-state index contributed by atoms with van der Waals surface area (Å²) in [5, 5.41) is 2.75. The van der Waals surface area contributed by atoms with Crippen LogP contribution in [0.2, 0.25) is 0 Å². The first-order valence-electron chi connectivity index (χ1n) is 10.9. The SMILES string of the molecule is CCOC(=O)C1(NC(=O)OCc2ccccc2)CC2COCC(C1)N2C(=O)OC(C)(C)C. The van der Waals surface area contributed by atoms with Crippen LogP contribution in [-0.4, -0.2) is 66.1 Å². The molecule has 0 aromatic heterocycles. The number of fused-ring (bicyclic) bond motifs is 2. The Kier molecular flexibility index (Phi) is 7.28. The van der Waals surface area contributed by atoms with Gasteiger partial charge in [0, 0.05) is 12.8 Å². The van der Waals surface area contributed by atoms with Gasteiger partial charge in [-0.2, -0.15) is 0 Å². The summed E-state index contributed by atoms with van der Waals surface area (Å²) in [7, 11) is 0. The van der Waals surface area contributed by atoms with Crippen LogP contribution in [0.15, 0.2) is 30.3 Å². The van der Waals surface area contributed by atoms with Crippen molar-refractivity contribution in [2.75, 3.05) is 19.8 Å². The van der Waals surface area contributed by atoms with E-state index in [0.717, 1.165) is 5.56 Å². The van der Waals surface area contributed by atoms with Crippen molar-refractivity contribution in [1.82, 2.24) is 10.2 Å². The van der Waals surface area contributed by atoms with Crippen molar-refractivity contribution < 1.29 is 33.3 Å². The maximum atomic E-state index is 13.0. The van der Waals surface area contributed by atoms with Crippen LogP contribution >= 0.6 is 0 Å². The predicted molar refractivity (Wildman–Crippen MR) is 115 cm³/mol. The molecule has 2 aliphatic heterocycles. The van der Waals surface area contributed by atoms with Crippen molar-refractivity contribution >= 4 is 18.2 Å². The number of benzene rings is 1. The maximum absolute atomic E-state index is 13.0. The molecule has 2 amide bonds. The normalized spacial score (nSPS) is 24.9. The Morgan fingerprint density at radius 2 is 1.72 bits per heavy atom. The summed E-state index contributed by atoms with van der Waals surface area (Å²) in [5.74, 6) is -0.544. The predicted octanol–water partition coefficient (Wildman–Crippen LogP) is 3.01. The fourth-order valence-electron chi connectivity index (χ4n) is 4.16. The van der Waals surface area contributed by atoms with Crippen LogP contribution in [0.25, 0.3) is 0 Å². The molecule has 2 saturated heterocycles. The number of rotatable bonds is 5. The fourth-order valence-corrected chi connectivity index (χ4v) is 4.16. The third-order valence-electron chi connectivity index (χ3n) is 5.40. The lowest BCUT2D eigenvalue weighted by Gasteiger charge is -2.51. The maximum Gasteiger partial charge on any atom is 0.410 e. The molecule has 1 N–H and O–H groups in total. The van der Waals surface area contributed by atoms with E-state index in [1.54, 1.807) is 32.6 Å². The first-order valence-corrected chi connectivity index (χ1v) is 10.9. The molecule has 176 valence electrons. The van der Waals surface area contributed by atoms with Gasteiger partial charge in [0.05, 0.1) is 31.9 Å². The van der Waals surface area contributed by atoms with Gasteiger partial charge in [0.15, 0.2) is 0 Å². The summed E-state index contributed by atoms with van der Waals surface area (Å²) >= 11 is 0. The number of nitrogens with one attached hydrogen (secondary N) is 1. The Morgan fingerprint density at radius 3 is 2.28 bits per heavy atom. The molecule has 0 spiro atoms. The van der Waals surface area contributed by atoms with Gasteiger partial charge in [-0.25, -0.2) is 14.4 Å². The molecule has 0 aliphatic carbocycles. The van der Waals surface area contributed by atoms with Gasteiger partial charge in [-0.1, -0.05) is 30.3 Å². The molecular weight excluding hydrogens is 416 g/mol. The van der Waals surface area contributed by atoms with E-state index < -0.39 is 41.4 Å². The number of amides is 2. The van der Waals surface area contributed by atoms with Gasteiger partial charge < -0.3 is 24.3 Å². The second-order valence-electron chi connectivity index (χ2n) is 9.13. The van der Waals surface area contributed by atoms with Gasteiger partial charge in [-0.3, -0.25) is 4.90 Å². The van der Waals surface area contributed by atoms with Crippen LogP contribution in [-0.2, 0) is 30.3 Å². The zero-order chi connectivity index (χ0) is 23.4. The Morgan fingerprint density at radius 1 is 1.09 bits per heavy atom. The Balaban J connectivity index is 1.76. The molecule has 0 saturated carbocycles. The van der Waals surface area contributed by atoms with Gasteiger partial charge in [-0.15, -0.1) is 0 Å². The van der Waals surface area contributed by atoms with E-state index in [4.69, 9.17) is 18.9 Å². The Hall–Kier alpha value is -2.81. The van der Waals surface area contributed by atoms with Crippen molar-refractivity contribution in [1.29, 1.82) is 0 Å². The van der Waals surface area contributed by atoms with E-state index >= 15 is 0 Å². The summed E-state index contributed by atoms with van der Waals surface area (Å²) in [6.07, 6.45) is -0.893. The summed E-state index contributed by atoms with van der Waals surface area (Å²) in [4.78, 5) is 40.1. The molecule has 3 rings (SSSR count). The standard InChI is InChI=1S/C23H32N2O7/c1-5-30-19(26)23(24-20(27)31-13-16-9-7-6-8-10-16)11-17-14-29-15-18(12-23)25(17)21(28)32-22(2,3)4/h6-10,17-18H,5,11-15H2,1-4H3,(H,24,27). The molecule has 2 aliphatic rings. The highest BCUT2D eigenvalue weighted by atomic mass is 16.6. The number of piperidine rings is 1. The summed E-state index contributed by atoms with van der Waals surface area (Å²) in [5.41, 5.74) is -1.14. The number of ether oxygens (including phenoxy) is 4. The van der Waals surface area contributed by atoms with Crippen LogP contribution in [0.1, 0.15) is 46.1 Å². The monoisotopic (exact) mass is 448 g/mol. The number of alkyl carbamates (subject to hydrolysis) is 1. The van der Waals surface area contributed by atoms with Gasteiger partial charge in [0.2, 0.25) is 0 Å². The molecule has 1 aromatic carbocycles. The van der Waals surface area contributed by atoms with E-state index in [-0.39, 0.29) is 39.3 Å². The summed E-state index contributed by atoms with van der Waals surface area (Å²) in [6, 6.07) is 8.37. The molecule has 2 fully saturated rings. The molecule has 9 heteroatoms. The lowest BCUT2D eigenvalue weighted by Crippen LogP contribution is -2.70. The molecule has 9 nitrogen and oxygen atoms in total. The van der Waals surface area contributed by atoms with Crippen molar-refractivity contribution in [3.8, 4) is 0 Å². The van der Waals surface area contributed by atoms with E-state index in [1.807, 2.05) is 30.3 Å². The largest absolute Gasteiger partial charge is 0.464 e. The third-order valence-corrected chi connectivity index (χ3v) is 5.40. The molecular formula is C23H32N2O7. The number of morpholine rings is 1. The number of carbonyl (C=O) groups is 3. The molecule has 2 heterocycles. The molecule has 32 heavy (non-hydrogen) atoms. The van der Waals surface area contributed by atoms with Crippen molar-refractivity contribution in [2.24, 2.45) is 0 Å². The average Bonchev–Trinajstić information content (AvgIpc) is 2.71. The highest BCUT2D eigenvalue weighted by molar-refractivity contribution is 5.86. The van der Waals surface area contributed by atoms with E-state index in [9.17, 15) is 14.4 Å². The minimum atomic E-state index is -1.32. The van der Waals surface area contributed by atoms with Crippen LogP contribution in [0.5, 0.6) is 0 Å². The molecule has 2 bridgehead atoms. The van der Waals surface area contributed by atoms with Crippen molar-refractivity contribution in [3.63, 3.8) is 0 Å². The molecule has 1 aromatic rings. The fraction of sp³-hybridized carbons (Fsp3) is 0.609. The van der Waals surface area contributed by atoms with Crippen LogP contribution < -0.4 is 5.32 Å². The van der Waals surface area contributed by atoms with Crippen LogP contribution in [0.4, 0.5) is 9.59 Å². The highest BCUT2D eigenvalue weighted by Gasteiger charge is 2.55. The van der Waals surface area contributed by atoms with Crippen LogP contribution in [0, 0.1) is 0 Å². The van der Waals surface area contributed by atoms with Crippen LogP contribution in [0.3, 0.4) is 0 Å². The minimum Gasteiger partial charge on any atom is -0.464 e. The number of hydrogen-bond donors (Lipinski definition) is 1. The highest BCUT2D eigenvalue weighted by Crippen LogP contribution is 2.36. The zero-order valence-electron chi connectivity index (χ0n) is 19.1. The number of nitrogens with zero attached hydrogens (tertiary/aromatic N) is 1. The smallest absolute Gasteiger partial charge is 0.410 e. The summed E-state index contributed by atoms with van der Waals surface area (Å²) in [6.45, 7) is 7.82. The van der Waals surface area contributed by atoms with Gasteiger partial charge >= 0.3 is 18.2 Å². The minimum absolute atomic E-state index is 0.0750. The molecule has 0 radical (unpaired) electrons. The number of carbonyl (C=O) groups excluding carboxylic acids is 3. The van der Waals surface area contributed by atoms with E-state index in [1.165, 1.54) is 0 Å².